The van der Waals surface area contributed by atoms with Gasteiger partial charge in [0, 0.05) is 30.4 Å². The van der Waals surface area contributed by atoms with Crippen LogP contribution in [0, 0.1) is 17.8 Å². The highest BCUT2D eigenvalue weighted by Gasteiger charge is 2.50. The zero-order valence-electron chi connectivity index (χ0n) is 11.6. The maximum atomic E-state index is 4.42. The number of rotatable bonds is 4. The van der Waals surface area contributed by atoms with Gasteiger partial charge in [-0.25, -0.2) is 0 Å². The van der Waals surface area contributed by atoms with Gasteiger partial charge in [-0.2, -0.15) is 0 Å². The smallest absolute Gasteiger partial charge is 0.0416 e. The van der Waals surface area contributed by atoms with Crippen LogP contribution >= 0.6 is 0 Å². The fraction of sp³-hybridized carbons (Fsp3) is 0.706. The molecule has 0 atom stereocenters. The molecule has 0 aromatic carbocycles. The van der Waals surface area contributed by atoms with E-state index in [0.29, 0.717) is 5.54 Å². The number of hydrogen-bond donors (Lipinski definition) is 1. The maximum Gasteiger partial charge on any atom is 0.0416 e. The van der Waals surface area contributed by atoms with Gasteiger partial charge in [0.1, 0.15) is 0 Å². The molecule has 0 amide bonds. The van der Waals surface area contributed by atoms with Gasteiger partial charge in [-0.05, 0) is 68.4 Å². The van der Waals surface area contributed by atoms with E-state index in [9.17, 15) is 0 Å². The molecule has 1 heterocycles. The second-order valence-corrected chi connectivity index (χ2v) is 7.20. The van der Waals surface area contributed by atoms with Crippen LogP contribution in [0.5, 0.6) is 0 Å². The third-order valence-corrected chi connectivity index (χ3v) is 5.65. The van der Waals surface area contributed by atoms with E-state index in [1.54, 1.807) is 0 Å². The molecule has 2 nitrogen and oxygen atoms in total. The van der Waals surface area contributed by atoms with Gasteiger partial charge < -0.3 is 5.32 Å². The van der Waals surface area contributed by atoms with Gasteiger partial charge in [-0.1, -0.05) is 6.07 Å². The van der Waals surface area contributed by atoms with Crippen LogP contribution in [0.3, 0.4) is 0 Å². The predicted octanol–water partition coefficient (Wildman–Crippen LogP) is 3.18. The van der Waals surface area contributed by atoms with E-state index in [2.05, 4.69) is 22.4 Å². The number of nitrogens with one attached hydrogen (secondary N) is 1. The van der Waals surface area contributed by atoms with E-state index in [0.717, 1.165) is 30.7 Å². The Labute approximate surface area is 116 Å². The molecule has 19 heavy (non-hydrogen) atoms. The molecular weight excluding hydrogens is 232 g/mol. The van der Waals surface area contributed by atoms with E-state index >= 15 is 0 Å². The molecule has 4 bridgehead atoms. The molecule has 0 saturated heterocycles. The third-order valence-electron chi connectivity index (χ3n) is 5.65. The van der Waals surface area contributed by atoms with Crippen molar-refractivity contribution in [2.45, 2.75) is 50.5 Å². The molecule has 2 heteroatoms. The van der Waals surface area contributed by atoms with Crippen molar-refractivity contribution < 1.29 is 0 Å². The van der Waals surface area contributed by atoms with Gasteiger partial charge in [0.05, 0.1) is 0 Å². The highest BCUT2D eigenvalue weighted by Crippen LogP contribution is 2.55. The summed E-state index contributed by atoms with van der Waals surface area (Å²) in [5.74, 6) is 3.11. The molecule has 102 valence electrons. The Morgan fingerprint density at radius 1 is 1.05 bits per heavy atom. The minimum Gasteiger partial charge on any atom is -0.311 e. The molecule has 0 unspecified atom stereocenters. The second-order valence-electron chi connectivity index (χ2n) is 7.20. The van der Waals surface area contributed by atoms with Gasteiger partial charge in [-0.3, -0.25) is 4.98 Å². The summed E-state index contributed by atoms with van der Waals surface area (Å²) in [5, 5.41) is 3.94. The van der Waals surface area contributed by atoms with Crippen molar-refractivity contribution in [3.63, 3.8) is 0 Å². The van der Waals surface area contributed by atoms with Crippen molar-refractivity contribution in [2.24, 2.45) is 17.8 Å². The van der Waals surface area contributed by atoms with Crippen LogP contribution in [0.1, 0.15) is 44.2 Å². The fourth-order valence-electron chi connectivity index (χ4n) is 5.33. The van der Waals surface area contributed by atoms with Crippen LogP contribution in [0.15, 0.2) is 24.4 Å². The zero-order valence-corrected chi connectivity index (χ0v) is 11.6. The molecule has 1 aromatic rings. The summed E-state index contributed by atoms with van der Waals surface area (Å²) >= 11 is 0. The van der Waals surface area contributed by atoms with Crippen molar-refractivity contribution in [2.75, 3.05) is 6.54 Å². The van der Waals surface area contributed by atoms with Crippen molar-refractivity contribution in [1.82, 2.24) is 10.3 Å². The standard InChI is InChI=1S/C17H24N2/c1-2-5-18-16(3-1)4-6-19-17-10-13-7-14(11-17)9-15(8-13)12-17/h1-3,5,13-15,19H,4,6-12H2. The van der Waals surface area contributed by atoms with E-state index in [-0.39, 0.29) is 0 Å². The number of aromatic nitrogens is 1. The number of pyridine rings is 1. The number of nitrogens with zero attached hydrogens (tertiary/aromatic N) is 1. The SMILES string of the molecule is c1ccc(CCNC23CC4CC(CC(C4)C2)C3)nc1. The number of hydrogen-bond acceptors (Lipinski definition) is 2. The molecule has 4 aliphatic carbocycles. The molecule has 5 rings (SSSR count). The minimum absolute atomic E-state index is 0.504. The maximum absolute atomic E-state index is 4.42. The Balaban J connectivity index is 1.38. The highest BCUT2D eigenvalue weighted by atomic mass is 15.0. The van der Waals surface area contributed by atoms with Crippen LogP contribution in [0.4, 0.5) is 0 Å². The summed E-state index contributed by atoms with van der Waals surface area (Å²) in [6.45, 7) is 1.10. The highest BCUT2D eigenvalue weighted by molar-refractivity contribution is 5.08. The fourth-order valence-corrected chi connectivity index (χ4v) is 5.33. The van der Waals surface area contributed by atoms with Crippen LogP contribution in [-0.2, 0) is 6.42 Å². The van der Waals surface area contributed by atoms with Crippen molar-refractivity contribution in [3.05, 3.63) is 30.1 Å². The van der Waals surface area contributed by atoms with Crippen molar-refractivity contribution in [1.29, 1.82) is 0 Å². The van der Waals surface area contributed by atoms with Gasteiger partial charge in [0.15, 0.2) is 0 Å². The van der Waals surface area contributed by atoms with Gasteiger partial charge in [-0.15, -0.1) is 0 Å². The predicted molar refractivity (Wildman–Crippen MR) is 76.8 cm³/mol. The van der Waals surface area contributed by atoms with Gasteiger partial charge >= 0.3 is 0 Å². The Hall–Kier alpha value is -0.890. The lowest BCUT2D eigenvalue weighted by Gasteiger charge is -2.57. The largest absolute Gasteiger partial charge is 0.311 e. The quantitative estimate of drug-likeness (QED) is 0.895. The zero-order chi connectivity index (χ0) is 12.7. The van der Waals surface area contributed by atoms with E-state index in [1.165, 1.54) is 44.2 Å². The van der Waals surface area contributed by atoms with Gasteiger partial charge in [0.25, 0.3) is 0 Å². The van der Waals surface area contributed by atoms with Crippen LogP contribution < -0.4 is 5.32 Å². The summed E-state index contributed by atoms with van der Waals surface area (Å²) in [5.41, 5.74) is 1.73. The molecule has 0 aliphatic heterocycles. The molecule has 0 radical (unpaired) electrons. The molecule has 4 fully saturated rings. The van der Waals surface area contributed by atoms with E-state index < -0.39 is 0 Å². The molecular formula is C17H24N2. The summed E-state index contributed by atoms with van der Waals surface area (Å²) < 4.78 is 0. The summed E-state index contributed by atoms with van der Waals surface area (Å²) in [7, 11) is 0. The topological polar surface area (TPSA) is 24.9 Å². The minimum atomic E-state index is 0.504. The monoisotopic (exact) mass is 256 g/mol. The Kier molecular flexibility index (Phi) is 2.87. The molecule has 1 aromatic heterocycles. The molecule has 1 N–H and O–H groups in total. The first kappa shape index (κ1) is 11.9. The first-order chi connectivity index (χ1) is 9.31. The van der Waals surface area contributed by atoms with Crippen LogP contribution in [0.25, 0.3) is 0 Å². The lowest BCUT2D eigenvalue weighted by Crippen LogP contribution is -2.58. The normalized spacial score (nSPS) is 39.7. The summed E-state index contributed by atoms with van der Waals surface area (Å²) in [4.78, 5) is 4.42. The first-order valence-electron chi connectivity index (χ1n) is 7.96. The first-order valence-corrected chi connectivity index (χ1v) is 7.96. The molecule has 4 saturated carbocycles. The summed E-state index contributed by atoms with van der Waals surface area (Å²) in [6.07, 6.45) is 11.9. The second kappa shape index (κ2) is 4.59. The average Bonchev–Trinajstić information content (AvgIpc) is 2.38. The van der Waals surface area contributed by atoms with Crippen LogP contribution in [-0.4, -0.2) is 17.1 Å². The molecule has 4 aliphatic rings. The van der Waals surface area contributed by atoms with Crippen molar-refractivity contribution in [3.8, 4) is 0 Å². The average molecular weight is 256 g/mol. The van der Waals surface area contributed by atoms with E-state index in [1.807, 2.05) is 12.3 Å². The van der Waals surface area contributed by atoms with Crippen LogP contribution in [0.2, 0.25) is 0 Å². The Morgan fingerprint density at radius 3 is 2.32 bits per heavy atom. The summed E-state index contributed by atoms with van der Waals surface area (Å²) in [6, 6.07) is 6.23. The lowest BCUT2D eigenvalue weighted by molar-refractivity contribution is -0.0193. The van der Waals surface area contributed by atoms with Gasteiger partial charge in [0.2, 0.25) is 0 Å². The molecule has 0 spiro atoms. The lowest BCUT2D eigenvalue weighted by atomic mass is 9.53. The third kappa shape index (κ3) is 2.31. The van der Waals surface area contributed by atoms with E-state index in [4.69, 9.17) is 0 Å². The Morgan fingerprint density at radius 2 is 1.74 bits per heavy atom. The van der Waals surface area contributed by atoms with Crippen molar-refractivity contribution >= 4 is 0 Å². The Bertz CT molecular complexity index is 405.